The lowest BCUT2D eigenvalue weighted by Gasteiger charge is -2.10. The third kappa shape index (κ3) is 13.5. The number of rotatable bonds is 13. The van der Waals surface area contributed by atoms with Crippen LogP contribution in [0.2, 0.25) is 0 Å². The smallest absolute Gasteiger partial charge is 0.0300 e. The Hall–Kier alpha value is -0.520. The van der Waals surface area contributed by atoms with Crippen molar-refractivity contribution >= 4 is 0 Å². The van der Waals surface area contributed by atoms with Gasteiger partial charge in [0, 0.05) is 0 Å². The lowest BCUT2D eigenvalue weighted by molar-refractivity contribution is 0.477. The summed E-state index contributed by atoms with van der Waals surface area (Å²) in [6.07, 6.45) is 17.1. The summed E-state index contributed by atoms with van der Waals surface area (Å²) in [7, 11) is 0. The molecule has 0 heterocycles. The maximum atomic E-state index is 3.99. The van der Waals surface area contributed by atoms with Crippen molar-refractivity contribution < 1.29 is 0 Å². The summed E-state index contributed by atoms with van der Waals surface area (Å²) in [5.74, 6) is 0.835. The molecule has 0 aromatic carbocycles. The van der Waals surface area contributed by atoms with Gasteiger partial charge in [0.2, 0.25) is 0 Å². The van der Waals surface area contributed by atoms with Gasteiger partial charge in [0.25, 0.3) is 0 Å². The van der Waals surface area contributed by atoms with E-state index in [0.29, 0.717) is 0 Å². The third-order valence-corrected chi connectivity index (χ3v) is 3.55. The highest BCUT2D eigenvalue weighted by atomic mass is 14.1. The van der Waals surface area contributed by atoms with Crippen LogP contribution in [0.25, 0.3) is 0 Å². The minimum absolute atomic E-state index is 0.835. The van der Waals surface area contributed by atoms with Crippen LogP contribution in [-0.2, 0) is 0 Å². The summed E-state index contributed by atoms with van der Waals surface area (Å²) in [5, 5.41) is 0. The standard InChI is InChI=1S/C18H34/c1-5-6-7-8-9-10-11-12-13-14-15-18(4)16-17(2)3/h5,18H,1-2,6-16H2,3-4H3. The first-order valence-corrected chi connectivity index (χ1v) is 7.92. The fourth-order valence-electron chi connectivity index (χ4n) is 2.54. The molecule has 0 N–H and O–H groups in total. The molecule has 0 nitrogen and oxygen atoms in total. The quantitative estimate of drug-likeness (QED) is 0.253. The Bertz CT molecular complexity index is 202. The molecule has 0 bridgehead atoms. The van der Waals surface area contributed by atoms with E-state index < -0.39 is 0 Å². The molecule has 0 saturated carbocycles. The molecule has 0 aromatic heterocycles. The first kappa shape index (κ1) is 17.5. The summed E-state index contributed by atoms with van der Waals surface area (Å²) in [4.78, 5) is 0. The average molecular weight is 250 g/mol. The second kappa shape index (κ2) is 12.9. The fraction of sp³-hybridized carbons (Fsp3) is 0.778. The molecular formula is C18H34. The monoisotopic (exact) mass is 250 g/mol. The highest BCUT2D eigenvalue weighted by Gasteiger charge is 2.01. The number of unbranched alkanes of at least 4 members (excludes halogenated alkanes) is 8. The molecule has 0 saturated heterocycles. The maximum absolute atomic E-state index is 3.99. The number of allylic oxidation sites excluding steroid dienone is 2. The average Bonchev–Trinajstić information content (AvgIpc) is 2.30. The Morgan fingerprint density at radius 3 is 1.94 bits per heavy atom. The Labute approximate surface area is 116 Å². The van der Waals surface area contributed by atoms with E-state index >= 15 is 0 Å². The highest BCUT2D eigenvalue weighted by Crippen LogP contribution is 2.17. The van der Waals surface area contributed by atoms with E-state index in [9.17, 15) is 0 Å². The van der Waals surface area contributed by atoms with Crippen molar-refractivity contribution in [1.82, 2.24) is 0 Å². The molecule has 0 aromatic rings. The van der Waals surface area contributed by atoms with Crippen LogP contribution in [0.3, 0.4) is 0 Å². The molecule has 0 aliphatic rings. The van der Waals surface area contributed by atoms with Crippen molar-refractivity contribution in [3.05, 3.63) is 24.8 Å². The molecule has 0 aliphatic heterocycles. The van der Waals surface area contributed by atoms with Crippen molar-refractivity contribution in [3.8, 4) is 0 Å². The second-order valence-corrected chi connectivity index (χ2v) is 5.96. The van der Waals surface area contributed by atoms with Gasteiger partial charge in [0.05, 0.1) is 0 Å². The first-order valence-electron chi connectivity index (χ1n) is 7.92. The third-order valence-electron chi connectivity index (χ3n) is 3.55. The Morgan fingerprint density at radius 2 is 1.44 bits per heavy atom. The first-order chi connectivity index (χ1) is 8.66. The molecular weight excluding hydrogens is 216 g/mol. The summed E-state index contributed by atoms with van der Waals surface area (Å²) >= 11 is 0. The molecule has 0 rings (SSSR count). The van der Waals surface area contributed by atoms with Crippen LogP contribution >= 0.6 is 0 Å². The number of hydrogen-bond donors (Lipinski definition) is 0. The zero-order chi connectivity index (χ0) is 13.6. The fourth-order valence-corrected chi connectivity index (χ4v) is 2.54. The van der Waals surface area contributed by atoms with Crippen molar-refractivity contribution in [1.29, 1.82) is 0 Å². The van der Waals surface area contributed by atoms with Gasteiger partial charge in [-0.3, -0.25) is 0 Å². The zero-order valence-electron chi connectivity index (χ0n) is 12.8. The summed E-state index contributed by atoms with van der Waals surface area (Å²) in [6.45, 7) is 12.2. The molecule has 18 heavy (non-hydrogen) atoms. The predicted molar refractivity (Wildman–Crippen MR) is 85.0 cm³/mol. The molecule has 0 spiro atoms. The van der Waals surface area contributed by atoms with Crippen molar-refractivity contribution in [2.24, 2.45) is 5.92 Å². The van der Waals surface area contributed by atoms with Gasteiger partial charge in [-0.2, -0.15) is 0 Å². The van der Waals surface area contributed by atoms with Crippen LogP contribution in [0.4, 0.5) is 0 Å². The normalized spacial score (nSPS) is 12.3. The summed E-state index contributed by atoms with van der Waals surface area (Å²) < 4.78 is 0. The van der Waals surface area contributed by atoms with Gasteiger partial charge in [-0.25, -0.2) is 0 Å². The van der Waals surface area contributed by atoms with Gasteiger partial charge < -0.3 is 0 Å². The van der Waals surface area contributed by atoms with Gasteiger partial charge in [0.1, 0.15) is 0 Å². The highest BCUT2D eigenvalue weighted by molar-refractivity contribution is 4.89. The largest absolute Gasteiger partial charge is 0.103 e. The lowest BCUT2D eigenvalue weighted by Crippen LogP contribution is -1.95. The minimum Gasteiger partial charge on any atom is -0.103 e. The van der Waals surface area contributed by atoms with E-state index in [1.165, 1.54) is 76.2 Å². The second-order valence-electron chi connectivity index (χ2n) is 5.96. The topological polar surface area (TPSA) is 0 Å². The Balaban J connectivity index is 3.11. The van der Waals surface area contributed by atoms with Gasteiger partial charge in [0.15, 0.2) is 0 Å². The van der Waals surface area contributed by atoms with Crippen molar-refractivity contribution in [3.63, 3.8) is 0 Å². The lowest BCUT2D eigenvalue weighted by atomic mass is 9.96. The Morgan fingerprint density at radius 1 is 0.944 bits per heavy atom. The summed E-state index contributed by atoms with van der Waals surface area (Å²) in [5.41, 5.74) is 1.34. The van der Waals surface area contributed by atoms with Gasteiger partial charge >= 0.3 is 0 Å². The van der Waals surface area contributed by atoms with E-state index in [2.05, 4.69) is 27.0 Å². The van der Waals surface area contributed by atoms with Gasteiger partial charge in [-0.05, 0) is 32.1 Å². The van der Waals surface area contributed by atoms with Crippen molar-refractivity contribution in [2.45, 2.75) is 84.5 Å². The molecule has 1 atom stereocenters. The van der Waals surface area contributed by atoms with Crippen LogP contribution in [0.5, 0.6) is 0 Å². The van der Waals surface area contributed by atoms with Crippen LogP contribution in [-0.4, -0.2) is 0 Å². The minimum atomic E-state index is 0.835. The van der Waals surface area contributed by atoms with Gasteiger partial charge in [-0.1, -0.05) is 69.9 Å². The number of hydrogen-bond acceptors (Lipinski definition) is 0. The van der Waals surface area contributed by atoms with Crippen molar-refractivity contribution in [2.75, 3.05) is 0 Å². The zero-order valence-corrected chi connectivity index (χ0v) is 12.8. The molecule has 1 unspecified atom stereocenters. The van der Waals surface area contributed by atoms with E-state index in [-0.39, 0.29) is 0 Å². The van der Waals surface area contributed by atoms with Crippen LogP contribution < -0.4 is 0 Å². The van der Waals surface area contributed by atoms with E-state index in [0.717, 1.165) is 5.92 Å². The maximum Gasteiger partial charge on any atom is -0.0300 e. The van der Waals surface area contributed by atoms with Crippen LogP contribution in [0, 0.1) is 5.92 Å². The van der Waals surface area contributed by atoms with E-state index in [1.54, 1.807) is 0 Å². The van der Waals surface area contributed by atoms with Gasteiger partial charge in [-0.15, -0.1) is 13.2 Å². The Kier molecular flexibility index (Phi) is 12.6. The SMILES string of the molecule is C=CCCCCCCCCCCC(C)CC(=C)C. The van der Waals surface area contributed by atoms with Crippen LogP contribution in [0.15, 0.2) is 24.8 Å². The van der Waals surface area contributed by atoms with Crippen LogP contribution in [0.1, 0.15) is 84.5 Å². The molecule has 0 radical (unpaired) electrons. The molecule has 0 aliphatic carbocycles. The molecule has 0 heteroatoms. The van der Waals surface area contributed by atoms with E-state index in [1.807, 2.05) is 6.08 Å². The predicted octanol–water partition coefficient (Wildman–Crippen LogP) is 6.68. The molecule has 106 valence electrons. The molecule has 0 amide bonds. The molecule has 0 fully saturated rings. The summed E-state index contributed by atoms with van der Waals surface area (Å²) in [6, 6.07) is 0. The van der Waals surface area contributed by atoms with E-state index in [4.69, 9.17) is 0 Å².